The lowest BCUT2D eigenvalue weighted by atomic mass is 9.73. The molecule has 1 aromatic rings. The van der Waals surface area contributed by atoms with Crippen LogP contribution < -0.4 is 0 Å². The maximum atomic E-state index is 12.7. The number of ether oxygens (including phenoxy) is 2. The average Bonchev–Trinajstić information content (AvgIpc) is 3.22. The molecule has 0 bridgehead atoms. The van der Waals surface area contributed by atoms with Gasteiger partial charge >= 0.3 is 11.9 Å². The summed E-state index contributed by atoms with van der Waals surface area (Å²) in [5, 5.41) is 19.6. The highest BCUT2D eigenvalue weighted by Gasteiger charge is 2.44. The Morgan fingerprint density at radius 1 is 1.26 bits per heavy atom. The van der Waals surface area contributed by atoms with Crippen LogP contribution in [0.4, 0.5) is 0 Å². The van der Waals surface area contributed by atoms with Crippen molar-refractivity contribution in [2.45, 2.75) is 12.8 Å². The van der Waals surface area contributed by atoms with Crippen molar-refractivity contribution in [3.8, 4) is 12.1 Å². The van der Waals surface area contributed by atoms with Crippen molar-refractivity contribution >= 4 is 17.5 Å². The highest BCUT2D eigenvalue weighted by Crippen LogP contribution is 2.43. The third kappa shape index (κ3) is 4.34. The molecule has 7 nitrogen and oxygen atoms in total. The van der Waals surface area contributed by atoms with E-state index in [0.29, 0.717) is 0 Å². The third-order valence-corrected chi connectivity index (χ3v) is 3.94. The first kappa shape index (κ1) is 21.5. The Bertz CT molecular complexity index is 808. The average molecular weight is 368 g/mol. The van der Waals surface area contributed by atoms with Crippen LogP contribution in [-0.2, 0) is 19.1 Å². The summed E-state index contributed by atoms with van der Waals surface area (Å²) in [6.45, 7) is 7.18. The molecule has 0 aliphatic rings. The van der Waals surface area contributed by atoms with E-state index >= 15 is 0 Å². The minimum absolute atomic E-state index is 0.0301. The fourth-order valence-corrected chi connectivity index (χ4v) is 2.71. The summed E-state index contributed by atoms with van der Waals surface area (Å²) < 4.78 is 15.0. The molecule has 0 aromatic carbocycles. The Balaban J connectivity index is 4.04. The standard InChI is InChI=1S/C20H20N2O5/c1-5-8-14(18(23)25-3)16(19(24)26-4)17(15-9-7-11-27-15)20(12-21,13-22)10-6-2/h5-7,9,11,14H,1-2,8,10H2,3-4H3/b17-16+. The van der Waals surface area contributed by atoms with Crippen LogP contribution in [0.5, 0.6) is 0 Å². The molecule has 0 aliphatic heterocycles. The Labute approximate surface area is 157 Å². The Kier molecular flexibility index (Phi) is 7.78. The molecule has 0 fully saturated rings. The zero-order chi connectivity index (χ0) is 20.4. The van der Waals surface area contributed by atoms with E-state index in [1.54, 1.807) is 0 Å². The molecule has 1 rings (SSSR count). The highest BCUT2D eigenvalue weighted by molar-refractivity contribution is 6.04. The van der Waals surface area contributed by atoms with Gasteiger partial charge in [-0.25, -0.2) is 4.79 Å². The number of carbonyl (C=O) groups is 2. The predicted molar refractivity (Wildman–Crippen MR) is 96.4 cm³/mol. The molecule has 1 heterocycles. The van der Waals surface area contributed by atoms with Crippen molar-refractivity contribution in [1.82, 2.24) is 0 Å². The monoisotopic (exact) mass is 368 g/mol. The van der Waals surface area contributed by atoms with Crippen LogP contribution in [0.3, 0.4) is 0 Å². The number of methoxy groups -OCH3 is 2. The number of hydrogen-bond acceptors (Lipinski definition) is 7. The molecule has 27 heavy (non-hydrogen) atoms. The molecule has 0 spiro atoms. The molecule has 1 aromatic heterocycles. The summed E-state index contributed by atoms with van der Waals surface area (Å²) in [4.78, 5) is 25.0. The molecular weight excluding hydrogens is 348 g/mol. The van der Waals surface area contributed by atoms with Crippen LogP contribution in [0.15, 0.2) is 53.7 Å². The van der Waals surface area contributed by atoms with E-state index in [9.17, 15) is 20.1 Å². The molecule has 0 aliphatic carbocycles. The molecule has 0 saturated heterocycles. The Morgan fingerprint density at radius 2 is 1.93 bits per heavy atom. The van der Waals surface area contributed by atoms with Gasteiger partial charge < -0.3 is 13.9 Å². The summed E-state index contributed by atoms with van der Waals surface area (Å²) in [6.07, 6.45) is 4.07. The normalized spacial score (nSPS) is 12.6. The van der Waals surface area contributed by atoms with Gasteiger partial charge in [-0.05, 0) is 18.6 Å². The molecule has 1 unspecified atom stereocenters. The van der Waals surface area contributed by atoms with E-state index in [1.165, 1.54) is 37.7 Å². The fraction of sp³-hybridized carbons (Fsp3) is 0.300. The van der Waals surface area contributed by atoms with Gasteiger partial charge in [0.15, 0.2) is 5.41 Å². The van der Waals surface area contributed by atoms with Gasteiger partial charge in [-0.15, -0.1) is 13.2 Å². The summed E-state index contributed by atoms with van der Waals surface area (Å²) in [5.41, 5.74) is -2.07. The third-order valence-electron chi connectivity index (χ3n) is 3.94. The molecule has 140 valence electrons. The zero-order valence-electron chi connectivity index (χ0n) is 15.2. The molecular formula is C20H20N2O5. The lowest BCUT2D eigenvalue weighted by Crippen LogP contribution is -2.29. The number of rotatable bonds is 9. The van der Waals surface area contributed by atoms with Gasteiger partial charge in [0.25, 0.3) is 0 Å². The second-order valence-corrected chi connectivity index (χ2v) is 5.48. The van der Waals surface area contributed by atoms with E-state index in [1.807, 2.05) is 12.1 Å². The molecule has 0 radical (unpaired) electrons. The van der Waals surface area contributed by atoms with Crippen molar-refractivity contribution in [2.24, 2.45) is 11.3 Å². The van der Waals surface area contributed by atoms with Gasteiger partial charge in [0.2, 0.25) is 0 Å². The second-order valence-electron chi connectivity index (χ2n) is 5.48. The smallest absolute Gasteiger partial charge is 0.335 e. The van der Waals surface area contributed by atoms with Gasteiger partial charge in [0.05, 0.1) is 44.1 Å². The SMILES string of the molecule is C=CCC(C(=O)OC)/C(C(=O)OC)=C(/c1ccco1)C(C#N)(C#N)CC=C. The van der Waals surface area contributed by atoms with Crippen molar-refractivity contribution in [3.63, 3.8) is 0 Å². The summed E-state index contributed by atoms with van der Waals surface area (Å²) in [7, 11) is 2.31. The maximum Gasteiger partial charge on any atom is 0.335 e. The van der Waals surface area contributed by atoms with Crippen molar-refractivity contribution < 1.29 is 23.5 Å². The van der Waals surface area contributed by atoms with Gasteiger partial charge in [0, 0.05) is 12.0 Å². The van der Waals surface area contributed by atoms with Crippen molar-refractivity contribution in [1.29, 1.82) is 10.5 Å². The molecule has 0 amide bonds. The number of carbonyl (C=O) groups excluding carboxylic acids is 2. The van der Waals surface area contributed by atoms with Crippen LogP contribution in [0.1, 0.15) is 18.6 Å². The Morgan fingerprint density at radius 3 is 2.33 bits per heavy atom. The number of esters is 2. The molecule has 7 heteroatoms. The van der Waals surface area contributed by atoms with Crippen LogP contribution in [0.25, 0.3) is 5.57 Å². The van der Waals surface area contributed by atoms with Gasteiger partial charge in [-0.1, -0.05) is 12.2 Å². The summed E-state index contributed by atoms with van der Waals surface area (Å²) >= 11 is 0. The maximum absolute atomic E-state index is 12.7. The topological polar surface area (TPSA) is 113 Å². The van der Waals surface area contributed by atoms with Crippen LogP contribution in [0.2, 0.25) is 0 Å². The second kappa shape index (κ2) is 9.79. The first-order valence-electron chi connectivity index (χ1n) is 7.95. The number of furan rings is 1. The van der Waals surface area contributed by atoms with Gasteiger partial charge in [0.1, 0.15) is 5.76 Å². The van der Waals surface area contributed by atoms with Gasteiger partial charge in [-0.3, -0.25) is 4.79 Å². The fourth-order valence-electron chi connectivity index (χ4n) is 2.71. The molecule has 0 N–H and O–H groups in total. The van der Waals surface area contributed by atoms with E-state index in [4.69, 9.17) is 13.9 Å². The predicted octanol–water partition coefficient (Wildman–Crippen LogP) is 3.18. The highest BCUT2D eigenvalue weighted by atomic mass is 16.5. The van der Waals surface area contributed by atoms with Crippen LogP contribution >= 0.6 is 0 Å². The molecule has 0 saturated carbocycles. The van der Waals surface area contributed by atoms with Gasteiger partial charge in [-0.2, -0.15) is 10.5 Å². The minimum Gasteiger partial charge on any atom is -0.469 e. The largest absolute Gasteiger partial charge is 0.469 e. The van der Waals surface area contributed by atoms with E-state index in [2.05, 4.69) is 13.2 Å². The zero-order valence-corrected chi connectivity index (χ0v) is 15.2. The number of hydrogen-bond donors (Lipinski definition) is 0. The van der Waals surface area contributed by atoms with E-state index in [0.717, 1.165) is 7.11 Å². The minimum atomic E-state index is -1.82. The number of nitrogens with zero attached hydrogens (tertiary/aromatic N) is 2. The van der Waals surface area contributed by atoms with Crippen LogP contribution in [-0.4, -0.2) is 26.2 Å². The number of nitriles is 2. The first-order chi connectivity index (χ1) is 13.0. The summed E-state index contributed by atoms with van der Waals surface area (Å²) in [6, 6.07) is 6.90. The lowest BCUT2D eigenvalue weighted by Gasteiger charge is -2.25. The van der Waals surface area contributed by atoms with Crippen molar-refractivity contribution in [2.75, 3.05) is 14.2 Å². The summed E-state index contributed by atoms with van der Waals surface area (Å²) in [5.74, 6) is -2.65. The first-order valence-corrected chi connectivity index (χ1v) is 7.95. The number of allylic oxidation sites excluding steroid dienone is 3. The van der Waals surface area contributed by atoms with E-state index < -0.39 is 23.3 Å². The van der Waals surface area contributed by atoms with Crippen molar-refractivity contribution in [3.05, 3.63) is 55.0 Å². The molecule has 1 atom stereocenters. The quantitative estimate of drug-likeness (QED) is 0.373. The van der Waals surface area contributed by atoms with Crippen LogP contribution in [0, 0.1) is 34.0 Å². The van der Waals surface area contributed by atoms with E-state index in [-0.39, 0.29) is 29.7 Å². The Hall–Kier alpha value is -3.58. The lowest BCUT2D eigenvalue weighted by molar-refractivity contribution is -0.147.